The Balaban J connectivity index is 1.44. The monoisotopic (exact) mass is 472 g/mol. The van der Waals surface area contributed by atoms with Crippen molar-refractivity contribution < 1.29 is 9.59 Å². The summed E-state index contributed by atoms with van der Waals surface area (Å²) in [7, 11) is 0. The van der Waals surface area contributed by atoms with Gasteiger partial charge in [0.15, 0.2) is 0 Å². The zero-order valence-corrected chi connectivity index (χ0v) is 19.0. The molecular formula is C23H25BrN2O2S. The number of carbonyl (C=O) groups excluding carboxylic acids is 2. The lowest BCUT2D eigenvalue weighted by Gasteiger charge is -2.44. The standard InChI is InChI=1S/C23H25BrN2O2S/c1-2-17-3-5-18(6-4-17)21(27)25-13-11-23(12-14-25)26(15-16-29-23)22(28)19-7-9-20(24)10-8-19/h3-10H,2,11-16H2,1H3. The van der Waals surface area contributed by atoms with Crippen molar-refractivity contribution in [3.05, 3.63) is 69.7 Å². The molecule has 0 unspecified atom stereocenters. The van der Waals surface area contributed by atoms with Gasteiger partial charge in [-0.2, -0.15) is 0 Å². The van der Waals surface area contributed by atoms with Crippen molar-refractivity contribution in [1.29, 1.82) is 0 Å². The van der Waals surface area contributed by atoms with E-state index in [1.807, 2.05) is 70.1 Å². The van der Waals surface area contributed by atoms with Crippen molar-refractivity contribution in [2.24, 2.45) is 0 Å². The van der Waals surface area contributed by atoms with Gasteiger partial charge in [0.25, 0.3) is 11.8 Å². The van der Waals surface area contributed by atoms with Gasteiger partial charge in [-0.1, -0.05) is 35.0 Å². The van der Waals surface area contributed by atoms with Gasteiger partial charge in [0, 0.05) is 41.0 Å². The molecule has 2 aromatic carbocycles. The second kappa shape index (κ2) is 8.52. The molecule has 152 valence electrons. The first kappa shape index (κ1) is 20.5. The molecule has 2 aromatic rings. The Kier molecular flexibility index (Phi) is 6.02. The SMILES string of the molecule is CCc1ccc(C(=O)N2CCC3(CC2)SCCN3C(=O)c2ccc(Br)cc2)cc1. The second-order valence-corrected chi connectivity index (χ2v) is 9.97. The summed E-state index contributed by atoms with van der Waals surface area (Å²) in [6.45, 7) is 4.25. The highest BCUT2D eigenvalue weighted by atomic mass is 79.9. The van der Waals surface area contributed by atoms with Gasteiger partial charge >= 0.3 is 0 Å². The van der Waals surface area contributed by atoms with Crippen LogP contribution < -0.4 is 0 Å². The minimum absolute atomic E-state index is 0.0938. The molecule has 1 spiro atoms. The third kappa shape index (κ3) is 4.10. The van der Waals surface area contributed by atoms with E-state index >= 15 is 0 Å². The van der Waals surface area contributed by atoms with Crippen LogP contribution in [-0.4, -0.2) is 51.9 Å². The molecule has 2 aliphatic rings. The van der Waals surface area contributed by atoms with E-state index in [0.29, 0.717) is 13.1 Å². The number of nitrogens with zero attached hydrogens (tertiary/aromatic N) is 2. The maximum Gasteiger partial charge on any atom is 0.254 e. The quantitative estimate of drug-likeness (QED) is 0.641. The topological polar surface area (TPSA) is 40.6 Å². The number of rotatable bonds is 3. The molecule has 0 atom stereocenters. The van der Waals surface area contributed by atoms with Crippen molar-refractivity contribution in [3.8, 4) is 0 Å². The zero-order chi connectivity index (χ0) is 20.4. The van der Waals surface area contributed by atoms with Gasteiger partial charge in [-0.3, -0.25) is 9.59 Å². The van der Waals surface area contributed by atoms with Gasteiger partial charge in [-0.25, -0.2) is 0 Å². The molecule has 4 nitrogen and oxygen atoms in total. The predicted octanol–water partition coefficient (Wildman–Crippen LogP) is 4.83. The Bertz CT molecular complexity index is 890. The van der Waals surface area contributed by atoms with Gasteiger partial charge < -0.3 is 9.80 Å². The number of hydrogen-bond donors (Lipinski definition) is 0. The van der Waals surface area contributed by atoms with Crippen LogP contribution in [0.2, 0.25) is 0 Å². The third-order valence-corrected chi connectivity index (χ3v) is 8.04. The summed E-state index contributed by atoms with van der Waals surface area (Å²) < 4.78 is 0.971. The van der Waals surface area contributed by atoms with Crippen LogP contribution in [0.25, 0.3) is 0 Å². The average molecular weight is 473 g/mol. The molecule has 2 heterocycles. The molecule has 0 radical (unpaired) electrons. The number of thioether (sulfide) groups is 1. The fourth-order valence-electron chi connectivity index (χ4n) is 4.18. The number of halogens is 1. The highest BCUT2D eigenvalue weighted by molar-refractivity contribution is 9.10. The minimum atomic E-state index is -0.187. The van der Waals surface area contributed by atoms with E-state index in [-0.39, 0.29) is 16.7 Å². The number of benzene rings is 2. The van der Waals surface area contributed by atoms with Crippen molar-refractivity contribution in [2.75, 3.05) is 25.4 Å². The lowest BCUT2D eigenvalue weighted by Crippen LogP contribution is -2.53. The normalized spacial score (nSPS) is 18.3. The van der Waals surface area contributed by atoms with Gasteiger partial charge in [0.05, 0.1) is 4.87 Å². The predicted molar refractivity (Wildman–Crippen MR) is 121 cm³/mol. The first-order valence-corrected chi connectivity index (χ1v) is 11.9. The smallest absolute Gasteiger partial charge is 0.254 e. The molecule has 0 saturated carbocycles. The largest absolute Gasteiger partial charge is 0.338 e. The summed E-state index contributed by atoms with van der Waals surface area (Å²) in [6, 6.07) is 15.5. The van der Waals surface area contributed by atoms with Crippen molar-refractivity contribution in [1.82, 2.24) is 9.80 Å². The molecule has 0 bridgehead atoms. The number of likely N-dealkylation sites (tertiary alicyclic amines) is 1. The van der Waals surface area contributed by atoms with Gasteiger partial charge in [0.2, 0.25) is 0 Å². The fraction of sp³-hybridized carbons (Fsp3) is 0.391. The Morgan fingerprint density at radius 3 is 2.14 bits per heavy atom. The maximum atomic E-state index is 13.1. The summed E-state index contributed by atoms with van der Waals surface area (Å²) in [5.74, 6) is 1.14. The number of carbonyl (C=O) groups is 2. The van der Waals surface area contributed by atoms with Crippen LogP contribution in [0.5, 0.6) is 0 Å². The van der Waals surface area contributed by atoms with Crippen LogP contribution in [0.1, 0.15) is 46.0 Å². The summed E-state index contributed by atoms with van der Waals surface area (Å²) in [5.41, 5.74) is 2.72. The summed E-state index contributed by atoms with van der Waals surface area (Å²) in [6.07, 6.45) is 2.61. The van der Waals surface area contributed by atoms with Crippen LogP contribution in [0.3, 0.4) is 0 Å². The molecule has 0 aromatic heterocycles. The van der Waals surface area contributed by atoms with E-state index in [1.165, 1.54) is 5.56 Å². The van der Waals surface area contributed by atoms with Crippen LogP contribution in [0.4, 0.5) is 0 Å². The molecule has 2 aliphatic heterocycles. The summed E-state index contributed by atoms with van der Waals surface area (Å²) in [4.78, 5) is 29.8. The Morgan fingerprint density at radius 1 is 0.931 bits per heavy atom. The number of amides is 2. The van der Waals surface area contributed by atoms with E-state index in [9.17, 15) is 9.59 Å². The van der Waals surface area contributed by atoms with Gasteiger partial charge in [-0.15, -0.1) is 11.8 Å². The molecule has 2 amide bonds. The van der Waals surface area contributed by atoms with E-state index in [0.717, 1.165) is 47.2 Å². The van der Waals surface area contributed by atoms with E-state index in [4.69, 9.17) is 0 Å². The first-order chi connectivity index (χ1) is 14.0. The van der Waals surface area contributed by atoms with E-state index in [2.05, 4.69) is 22.9 Å². The molecular weight excluding hydrogens is 448 g/mol. The van der Waals surface area contributed by atoms with Crippen LogP contribution in [0.15, 0.2) is 53.0 Å². The molecule has 0 N–H and O–H groups in total. The molecule has 6 heteroatoms. The zero-order valence-electron chi connectivity index (χ0n) is 16.6. The lowest BCUT2D eigenvalue weighted by atomic mass is 9.99. The van der Waals surface area contributed by atoms with Crippen LogP contribution >= 0.6 is 27.7 Å². The van der Waals surface area contributed by atoms with Gasteiger partial charge in [0.1, 0.15) is 0 Å². The Morgan fingerprint density at radius 2 is 1.52 bits per heavy atom. The maximum absolute atomic E-state index is 13.1. The van der Waals surface area contributed by atoms with Crippen LogP contribution in [0, 0.1) is 0 Å². The van der Waals surface area contributed by atoms with Gasteiger partial charge in [-0.05, 0) is 61.2 Å². The van der Waals surface area contributed by atoms with E-state index in [1.54, 1.807) is 0 Å². The third-order valence-electron chi connectivity index (χ3n) is 5.95. The first-order valence-electron chi connectivity index (χ1n) is 10.1. The van der Waals surface area contributed by atoms with Crippen molar-refractivity contribution >= 4 is 39.5 Å². The minimum Gasteiger partial charge on any atom is -0.338 e. The highest BCUT2D eigenvalue weighted by Crippen LogP contribution is 2.44. The molecule has 4 rings (SSSR count). The summed E-state index contributed by atoms with van der Waals surface area (Å²) >= 11 is 5.30. The molecule has 2 saturated heterocycles. The highest BCUT2D eigenvalue weighted by Gasteiger charge is 2.47. The number of piperidine rings is 1. The Hall–Kier alpha value is -1.79. The second-order valence-electron chi connectivity index (χ2n) is 7.60. The lowest BCUT2D eigenvalue weighted by molar-refractivity contribution is 0.0498. The fourth-order valence-corrected chi connectivity index (χ4v) is 5.90. The van der Waals surface area contributed by atoms with Crippen molar-refractivity contribution in [2.45, 2.75) is 31.1 Å². The number of aryl methyl sites for hydroxylation is 1. The average Bonchev–Trinajstić information content (AvgIpc) is 3.16. The summed E-state index contributed by atoms with van der Waals surface area (Å²) in [5, 5.41) is 0. The number of hydrogen-bond acceptors (Lipinski definition) is 3. The Labute approximate surface area is 184 Å². The molecule has 29 heavy (non-hydrogen) atoms. The van der Waals surface area contributed by atoms with E-state index < -0.39 is 0 Å². The molecule has 0 aliphatic carbocycles. The molecule has 2 fully saturated rings. The van der Waals surface area contributed by atoms with Crippen molar-refractivity contribution in [3.63, 3.8) is 0 Å². The van der Waals surface area contributed by atoms with Crippen LogP contribution in [-0.2, 0) is 6.42 Å².